The molecule has 0 atom stereocenters. The highest BCUT2D eigenvalue weighted by Gasteiger charge is 2.20. The van der Waals surface area contributed by atoms with Gasteiger partial charge in [-0.2, -0.15) is 0 Å². The van der Waals surface area contributed by atoms with Crippen LogP contribution < -0.4 is 0 Å². The van der Waals surface area contributed by atoms with Crippen LogP contribution in [0.5, 0.6) is 0 Å². The fourth-order valence-electron chi connectivity index (χ4n) is 7.46. The van der Waals surface area contributed by atoms with Gasteiger partial charge in [0.25, 0.3) is 0 Å². The number of thioether (sulfide) groups is 1. The van der Waals surface area contributed by atoms with Crippen molar-refractivity contribution < 1.29 is 4.42 Å². The minimum atomic E-state index is 0.888. The molecule has 2 heterocycles. The van der Waals surface area contributed by atoms with Gasteiger partial charge < -0.3 is 4.42 Å². The summed E-state index contributed by atoms with van der Waals surface area (Å²) in [6.07, 6.45) is 23.0. The van der Waals surface area contributed by atoms with Crippen LogP contribution in [0.3, 0.4) is 0 Å². The first-order chi connectivity index (χ1) is 23.7. The summed E-state index contributed by atoms with van der Waals surface area (Å²) in [6.45, 7) is 2.27. The molecular weight excluding hydrogens is 601 g/mol. The molecule has 48 heavy (non-hydrogen) atoms. The number of para-hydroxylation sites is 1. The third-order valence-electron chi connectivity index (χ3n) is 9.71. The van der Waals surface area contributed by atoms with Crippen molar-refractivity contribution in [1.29, 1.82) is 0 Å². The van der Waals surface area contributed by atoms with Crippen LogP contribution in [0.1, 0.15) is 36.5 Å². The number of furan rings is 1. The van der Waals surface area contributed by atoms with Crippen molar-refractivity contribution in [2.75, 3.05) is 0 Å². The Morgan fingerprint density at radius 1 is 0.667 bits per heavy atom. The Hall–Kier alpha value is -5.31. The molecule has 1 nitrogen and oxygen atoms in total. The number of hydrogen-bond donors (Lipinski definition) is 0. The SMILES string of the molecule is C/C(=C\C=C1/Cc2cc3cc4c(cc3cc2S1)oc1ccccc14)c1c2ccccc2c(C2=C/C=C\C/C=C\C=C/C2)c2ccccc12. The number of fused-ring (bicyclic) bond motifs is 7. The Kier molecular flexibility index (Phi) is 7.25. The first-order valence-electron chi connectivity index (χ1n) is 16.8. The first-order valence-corrected chi connectivity index (χ1v) is 17.6. The van der Waals surface area contributed by atoms with Crippen LogP contribution in [0.2, 0.25) is 0 Å². The molecule has 1 aromatic heterocycles. The van der Waals surface area contributed by atoms with E-state index in [0.29, 0.717) is 0 Å². The van der Waals surface area contributed by atoms with Crippen LogP contribution in [0.4, 0.5) is 0 Å². The molecule has 0 amide bonds. The Labute approximate surface area is 285 Å². The molecule has 230 valence electrons. The lowest BCUT2D eigenvalue weighted by Crippen LogP contribution is -1.95. The summed E-state index contributed by atoms with van der Waals surface area (Å²) in [4.78, 5) is 2.71. The molecule has 6 aromatic carbocycles. The molecule has 9 rings (SSSR count). The average Bonchev–Trinajstić information content (AvgIpc) is 3.69. The van der Waals surface area contributed by atoms with Crippen LogP contribution in [-0.4, -0.2) is 0 Å². The monoisotopic (exact) mass is 634 g/mol. The molecule has 0 fully saturated rings. The van der Waals surface area contributed by atoms with Gasteiger partial charge in [0.2, 0.25) is 0 Å². The van der Waals surface area contributed by atoms with E-state index in [9.17, 15) is 0 Å². The number of benzene rings is 6. The van der Waals surface area contributed by atoms with Crippen molar-refractivity contribution in [3.63, 3.8) is 0 Å². The summed E-state index contributed by atoms with van der Waals surface area (Å²) in [6, 6.07) is 35.4. The van der Waals surface area contributed by atoms with Crippen molar-refractivity contribution in [2.24, 2.45) is 0 Å². The summed E-state index contributed by atoms with van der Waals surface area (Å²) in [7, 11) is 0. The van der Waals surface area contributed by atoms with Crippen molar-refractivity contribution >= 4 is 77.2 Å². The van der Waals surface area contributed by atoms with Gasteiger partial charge in [0.05, 0.1) is 0 Å². The van der Waals surface area contributed by atoms with E-state index in [-0.39, 0.29) is 0 Å². The summed E-state index contributed by atoms with van der Waals surface area (Å²) >= 11 is 1.89. The van der Waals surface area contributed by atoms with Crippen molar-refractivity contribution in [2.45, 2.75) is 31.1 Å². The molecule has 0 spiro atoms. The van der Waals surface area contributed by atoms with Gasteiger partial charge >= 0.3 is 0 Å². The van der Waals surface area contributed by atoms with E-state index in [1.165, 1.54) is 80.7 Å². The third-order valence-corrected chi connectivity index (χ3v) is 10.9. The summed E-state index contributed by atoms with van der Waals surface area (Å²) in [5.74, 6) is 0. The maximum Gasteiger partial charge on any atom is 0.136 e. The fourth-order valence-corrected chi connectivity index (χ4v) is 8.56. The van der Waals surface area contributed by atoms with Crippen LogP contribution in [-0.2, 0) is 6.42 Å². The van der Waals surface area contributed by atoms with E-state index in [1.54, 1.807) is 0 Å². The van der Waals surface area contributed by atoms with Crippen LogP contribution in [0.25, 0.3) is 65.4 Å². The van der Waals surface area contributed by atoms with Gasteiger partial charge in [-0.05, 0) is 115 Å². The maximum atomic E-state index is 6.19. The Morgan fingerprint density at radius 3 is 2.17 bits per heavy atom. The molecule has 1 aliphatic heterocycles. The van der Waals surface area contributed by atoms with E-state index in [2.05, 4.69) is 147 Å². The number of allylic oxidation sites excluding steroid dienone is 12. The van der Waals surface area contributed by atoms with Crippen LogP contribution >= 0.6 is 11.8 Å². The fraction of sp³-hybridized carbons (Fsp3) is 0.0870. The molecule has 0 unspecified atom stereocenters. The summed E-state index contributed by atoms with van der Waals surface area (Å²) < 4.78 is 6.19. The zero-order chi connectivity index (χ0) is 32.0. The Morgan fingerprint density at radius 2 is 1.35 bits per heavy atom. The smallest absolute Gasteiger partial charge is 0.136 e. The highest BCUT2D eigenvalue weighted by atomic mass is 32.2. The second-order valence-electron chi connectivity index (χ2n) is 12.8. The highest BCUT2D eigenvalue weighted by molar-refractivity contribution is 8.03. The topological polar surface area (TPSA) is 13.1 Å². The normalized spacial score (nSPS) is 18.1. The molecule has 2 heteroatoms. The van der Waals surface area contributed by atoms with Gasteiger partial charge in [0.1, 0.15) is 11.2 Å². The quantitative estimate of drug-likeness (QED) is 0.179. The van der Waals surface area contributed by atoms with Gasteiger partial charge in [0, 0.05) is 22.1 Å². The van der Waals surface area contributed by atoms with Crippen LogP contribution in [0, 0.1) is 0 Å². The lowest BCUT2D eigenvalue weighted by atomic mass is 9.85. The molecular formula is C46H34OS. The largest absolute Gasteiger partial charge is 0.456 e. The van der Waals surface area contributed by atoms with E-state index < -0.39 is 0 Å². The predicted octanol–water partition coefficient (Wildman–Crippen LogP) is 13.5. The zero-order valence-corrected chi connectivity index (χ0v) is 27.7. The lowest BCUT2D eigenvalue weighted by Gasteiger charge is -2.19. The molecule has 0 saturated heterocycles. The number of rotatable bonds is 3. The standard InChI is InChI=1S/C46H34OS/c1-30(23-24-35-26-34-25-32-27-41-36-17-13-14-22-42(36)47-43(41)28-33(32)29-44(34)48-35)45-37-18-9-11-20-39(37)46(40-21-12-10-19-38(40)45)31-15-7-5-3-2-4-6-8-16-31/h2-3,5-14,16-25,27-29H,4,15,26H2,1H3/b3-2-,7-5-,8-6-,30-23+,31-16?,35-24+. The Balaban J connectivity index is 1.11. The molecule has 0 radical (unpaired) electrons. The average molecular weight is 635 g/mol. The van der Waals surface area contributed by atoms with Gasteiger partial charge in [-0.1, -0.05) is 133 Å². The molecule has 0 bridgehead atoms. The molecule has 1 aliphatic carbocycles. The van der Waals surface area contributed by atoms with E-state index in [0.717, 1.165) is 30.4 Å². The van der Waals surface area contributed by atoms with E-state index in [1.807, 2.05) is 23.9 Å². The number of hydrogen-bond acceptors (Lipinski definition) is 2. The van der Waals surface area contributed by atoms with Crippen molar-refractivity contribution in [3.05, 3.63) is 173 Å². The van der Waals surface area contributed by atoms with Crippen molar-refractivity contribution in [3.8, 4) is 0 Å². The zero-order valence-electron chi connectivity index (χ0n) is 26.9. The van der Waals surface area contributed by atoms with Gasteiger partial charge in [-0.15, -0.1) is 0 Å². The van der Waals surface area contributed by atoms with Gasteiger partial charge in [0.15, 0.2) is 0 Å². The van der Waals surface area contributed by atoms with E-state index >= 15 is 0 Å². The minimum Gasteiger partial charge on any atom is -0.456 e. The first kappa shape index (κ1) is 28.9. The third kappa shape index (κ3) is 5.05. The second-order valence-corrected chi connectivity index (χ2v) is 13.9. The molecule has 2 aliphatic rings. The van der Waals surface area contributed by atoms with Crippen molar-refractivity contribution in [1.82, 2.24) is 0 Å². The van der Waals surface area contributed by atoms with Crippen LogP contribution in [0.15, 0.2) is 166 Å². The maximum absolute atomic E-state index is 6.19. The summed E-state index contributed by atoms with van der Waals surface area (Å²) in [5.41, 5.74) is 8.57. The van der Waals surface area contributed by atoms with Gasteiger partial charge in [-0.3, -0.25) is 0 Å². The van der Waals surface area contributed by atoms with E-state index in [4.69, 9.17) is 4.42 Å². The lowest BCUT2D eigenvalue weighted by molar-refractivity contribution is 0.669. The predicted molar refractivity (Wildman–Crippen MR) is 209 cm³/mol. The second kappa shape index (κ2) is 12.0. The molecule has 0 saturated carbocycles. The minimum absolute atomic E-state index is 0.888. The summed E-state index contributed by atoms with van der Waals surface area (Å²) in [5, 5.41) is 10.1. The highest BCUT2D eigenvalue weighted by Crippen LogP contribution is 2.44. The van der Waals surface area contributed by atoms with Gasteiger partial charge in [-0.25, -0.2) is 0 Å². The Bertz CT molecular complexity index is 2560. The molecule has 0 N–H and O–H groups in total. The molecule has 7 aromatic rings.